The summed E-state index contributed by atoms with van der Waals surface area (Å²) in [6.45, 7) is 8.74. The van der Waals surface area contributed by atoms with Crippen LogP contribution in [0.25, 0.3) is 33.2 Å². The predicted molar refractivity (Wildman–Crippen MR) is 149 cm³/mol. The Kier molecular flexibility index (Phi) is 5.90. The molecule has 0 saturated heterocycles. The van der Waals surface area contributed by atoms with Crippen molar-refractivity contribution in [1.82, 2.24) is 0 Å². The zero-order valence-corrected chi connectivity index (χ0v) is 22.1. The maximum atomic E-state index is 15.4. The van der Waals surface area contributed by atoms with Gasteiger partial charge in [0.15, 0.2) is 6.20 Å². The van der Waals surface area contributed by atoms with Crippen LogP contribution in [0.4, 0.5) is 4.39 Å². The van der Waals surface area contributed by atoms with E-state index in [0.717, 1.165) is 22.4 Å². The Labute approximate surface area is 208 Å². The molecule has 174 valence electrons. The lowest BCUT2D eigenvalue weighted by molar-refractivity contribution is -0.659. The van der Waals surface area contributed by atoms with Crippen LogP contribution in [0, 0.1) is 19.7 Å². The van der Waals surface area contributed by atoms with E-state index in [2.05, 4.69) is 85.5 Å². The molecule has 5 rings (SSSR count). The minimum atomic E-state index is -1.82. The van der Waals surface area contributed by atoms with Crippen LogP contribution in [-0.4, -0.2) is 8.07 Å². The number of hydrogen-bond donors (Lipinski definition) is 0. The van der Waals surface area contributed by atoms with E-state index in [-0.39, 0.29) is 5.82 Å². The fourth-order valence-electron chi connectivity index (χ4n) is 5.08. The summed E-state index contributed by atoms with van der Waals surface area (Å²) in [5.74, 6) is -0.141. The molecule has 0 saturated carbocycles. The van der Waals surface area contributed by atoms with Gasteiger partial charge < -0.3 is 0 Å². The standard InChI is InChI=1S/C32H31FNSi/c1-22-23(2)31(33)30(24-12-8-6-9-13-24)21-29(22)32-28-17-16-27(20-25(28)18-19-34(32)3)35(4,5)26-14-10-7-11-15-26/h6-21H,1-5H3/q+1. The predicted octanol–water partition coefficient (Wildman–Crippen LogP) is 6.58. The number of halogens is 1. The van der Waals surface area contributed by atoms with Gasteiger partial charge in [0.2, 0.25) is 5.69 Å². The Hall–Kier alpha value is -3.56. The molecule has 0 N–H and O–H groups in total. The Morgan fingerprint density at radius 3 is 2.03 bits per heavy atom. The van der Waals surface area contributed by atoms with Gasteiger partial charge in [-0.25, -0.2) is 8.96 Å². The lowest BCUT2D eigenvalue weighted by atomic mass is 9.91. The average Bonchev–Trinajstić information content (AvgIpc) is 2.89. The Bertz CT molecular complexity index is 1540. The fourth-order valence-corrected chi connectivity index (χ4v) is 7.45. The number of benzene rings is 4. The maximum absolute atomic E-state index is 15.4. The Morgan fingerprint density at radius 2 is 1.34 bits per heavy atom. The first-order chi connectivity index (χ1) is 16.8. The molecule has 1 nitrogen and oxygen atoms in total. The van der Waals surface area contributed by atoms with Gasteiger partial charge in [-0.3, -0.25) is 0 Å². The topological polar surface area (TPSA) is 3.88 Å². The summed E-state index contributed by atoms with van der Waals surface area (Å²) in [5, 5.41) is 5.24. The van der Waals surface area contributed by atoms with E-state index in [0.29, 0.717) is 11.1 Å². The molecular formula is C32H31FNSi+. The van der Waals surface area contributed by atoms with Crippen molar-refractivity contribution in [3.63, 3.8) is 0 Å². The third kappa shape index (κ3) is 4.00. The summed E-state index contributed by atoms with van der Waals surface area (Å²) in [4.78, 5) is 0. The van der Waals surface area contributed by atoms with E-state index in [4.69, 9.17) is 0 Å². The molecule has 0 aliphatic heterocycles. The normalized spacial score (nSPS) is 11.7. The zero-order valence-electron chi connectivity index (χ0n) is 21.1. The van der Waals surface area contributed by atoms with Crippen LogP contribution >= 0.6 is 0 Å². The smallest absolute Gasteiger partial charge is 0.206 e. The summed E-state index contributed by atoms with van der Waals surface area (Å²) < 4.78 is 17.6. The van der Waals surface area contributed by atoms with Crippen LogP contribution in [0.3, 0.4) is 0 Å². The van der Waals surface area contributed by atoms with Crippen molar-refractivity contribution in [1.29, 1.82) is 0 Å². The molecular weight excluding hydrogens is 445 g/mol. The Balaban J connectivity index is 1.72. The largest absolute Gasteiger partial charge is 0.220 e. The molecule has 3 heteroatoms. The van der Waals surface area contributed by atoms with Crippen LogP contribution < -0.4 is 14.9 Å². The number of aromatic nitrogens is 1. The van der Waals surface area contributed by atoms with Gasteiger partial charge in [0.25, 0.3) is 0 Å². The van der Waals surface area contributed by atoms with Gasteiger partial charge in [0.1, 0.15) is 20.9 Å². The molecule has 1 aromatic heterocycles. The SMILES string of the molecule is Cc1c(-c2c3ccc([Si](C)(C)c4ccccc4)cc3cc[n+]2C)cc(-c2ccccc2)c(F)c1C. The van der Waals surface area contributed by atoms with Crippen LogP contribution in [0.1, 0.15) is 11.1 Å². The first-order valence-electron chi connectivity index (χ1n) is 12.1. The number of rotatable bonds is 4. The van der Waals surface area contributed by atoms with E-state index < -0.39 is 8.07 Å². The van der Waals surface area contributed by atoms with E-state index in [1.54, 1.807) is 0 Å². The van der Waals surface area contributed by atoms with Gasteiger partial charge in [-0.2, -0.15) is 0 Å². The van der Waals surface area contributed by atoms with Crippen molar-refractivity contribution < 1.29 is 8.96 Å². The molecule has 0 aliphatic carbocycles. The van der Waals surface area contributed by atoms with Crippen LogP contribution in [0.2, 0.25) is 13.1 Å². The number of nitrogens with zero attached hydrogens (tertiary/aromatic N) is 1. The summed E-state index contributed by atoms with van der Waals surface area (Å²) in [7, 11) is 0.255. The van der Waals surface area contributed by atoms with Crippen molar-refractivity contribution in [3.8, 4) is 22.4 Å². The van der Waals surface area contributed by atoms with Crippen molar-refractivity contribution in [2.75, 3.05) is 0 Å². The first-order valence-corrected chi connectivity index (χ1v) is 15.1. The highest BCUT2D eigenvalue weighted by atomic mass is 28.3. The van der Waals surface area contributed by atoms with Gasteiger partial charge in [-0.1, -0.05) is 96.3 Å². The van der Waals surface area contributed by atoms with Crippen molar-refractivity contribution in [3.05, 3.63) is 114 Å². The van der Waals surface area contributed by atoms with Crippen molar-refractivity contribution >= 4 is 29.2 Å². The fraction of sp³-hybridized carbons (Fsp3) is 0.156. The van der Waals surface area contributed by atoms with Gasteiger partial charge in [0, 0.05) is 11.6 Å². The van der Waals surface area contributed by atoms with E-state index in [9.17, 15) is 0 Å². The minimum Gasteiger partial charge on any atom is -0.206 e. The average molecular weight is 477 g/mol. The zero-order chi connectivity index (χ0) is 24.7. The minimum absolute atomic E-state index is 0.141. The monoisotopic (exact) mass is 476 g/mol. The van der Waals surface area contributed by atoms with Crippen LogP contribution in [-0.2, 0) is 7.05 Å². The number of aryl methyl sites for hydroxylation is 1. The second-order valence-electron chi connectivity index (χ2n) is 9.97. The number of hydrogen-bond acceptors (Lipinski definition) is 0. The third-order valence-electron chi connectivity index (χ3n) is 7.52. The molecule has 35 heavy (non-hydrogen) atoms. The molecule has 4 aromatic carbocycles. The molecule has 0 atom stereocenters. The molecule has 0 spiro atoms. The lowest BCUT2D eigenvalue weighted by Gasteiger charge is -2.24. The van der Waals surface area contributed by atoms with Crippen molar-refractivity contribution in [2.24, 2.45) is 7.05 Å². The highest BCUT2D eigenvalue weighted by Crippen LogP contribution is 2.35. The second-order valence-corrected chi connectivity index (χ2v) is 14.4. The van der Waals surface area contributed by atoms with Crippen molar-refractivity contribution in [2.45, 2.75) is 26.9 Å². The van der Waals surface area contributed by atoms with Gasteiger partial charge in [0.05, 0.1) is 10.9 Å². The summed E-state index contributed by atoms with van der Waals surface area (Å²) in [6, 6.07) is 31.8. The quantitative estimate of drug-likeness (QED) is 0.204. The first kappa shape index (κ1) is 23.2. The van der Waals surface area contributed by atoms with Gasteiger partial charge in [-0.15, -0.1) is 0 Å². The molecule has 0 amide bonds. The summed E-state index contributed by atoms with van der Waals surface area (Å²) in [6.07, 6.45) is 2.12. The molecule has 0 fully saturated rings. The molecule has 0 bridgehead atoms. The van der Waals surface area contributed by atoms with E-state index in [1.165, 1.54) is 21.1 Å². The van der Waals surface area contributed by atoms with E-state index >= 15 is 4.39 Å². The summed E-state index contributed by atoms with van der Waals surface area (Å²) >= 11 is 0. The Morgan fingerprint density at radius 1 is 0.686 bits per heavy atom. The van der Waals surface area contributed by atoms with Crippen LogP contribution in [0.15, 0.2) is 97.2 Å². The van der Waals surface area contributed by atoms with E-state index in [1.807, 2.05) is 50.2 Å². The molecule has 0 aliphatic rings. The second kappa shape index (κ2) is 8.90. The van der Waals surface area contributed by atoms with Crippen LogP contribution in [0.5, 0.6) is 0 Å². The number of fused-ring (bicyclic) bond motifs is 1. The highest BCUT2D eigenvalue weighted by Gasteiger charge is 2.27. The highest BCUT2D eigenvalue weighted by molar-refractivity contribution is 7.00. The summed E-state index contributed by atoms with van der Waals surface area (Å²) in [5.41, 5.74) is 5.42. The molecule has 0 radical (unpaired) electrons. The maximum Gasteiger partial charge on any atom is 0.220 e. The number of pyridine rings is 1. The molecule has 5 aromatic rings. The lowest BCUT2D eigenvalue weighted by Crippen LogP contribution is -2.52. The van der Waals surface area contributed by atoms with Gasteiger partial charge >= 0.3 is 0 Å². The van der Waals surface area contributed by atoms with Gasteiger partial charge in [-0.05, 0) is 48.1 Å². The third-order valence-corrected chi connectivity index (χ3v) is 11.0. The molecule has 0 unspecified atom stereocenters. The molecule has 1 heterocycles.